The quantitative estimate of drug-likeness (QED) is 0.742. The first-order chi connectivity index (χ1) is 7.71. The predicted molar refractivity (Wildman–Crippen MR) is 70.3 cm³/mol. The number of benzene rings is 1. The van der Waals surface area contributed by atoms with Gasteiger partial charge >= 0.3 is 0 Å². The summed E-state index contributed by atoms with van der Waals surface area (Å²) in [5, 5.41) is 3.50. The second kappa shape index (κ2) is 6.35. The summed E-state index contributed by atoms with van der Waals surface area (Å²) in [5.74, 6) is 2.79. The largest absolute Gasteiger partial charge is 0.297 e. The molecule has 2 atom stereocenters. The van der Waals surface area contributed by atoms with Gasteiger partial charge < -0.3 is 0 Å². The Kier molecular flexibility index (Phi) is 5.08. The third-order valence-electron chi connectivity index (χ3n) is 2.90. The lowest BCUT2D eigenvalue weighted by Gasteiger charge is -2.21. The molecule has 0 bridgehead atoms. The van der Waals surface area contributed by atoms with E-state index in [9.17, 15) is 0 Å². The van der Waals surface area contributed by atoms with Gasteiger partial charge in [-0.05, 0) is 25.3 Å². The van der Waals surface area contributed by atoms with Crippen molar-refractivity contribution >= 4 is 0 Å². The normalized spacial score (nSPS) is 14.1. The maximum Gasteiger partial charge on any atom is 0.0689 e. The topological polar surface area (TPSA) is 12.0 Å². The van der Waals surface area contributed by atoms with Gasteiger partial charge in [-0.15, -0.1) is 6.42 Å². The number of terminal acetylenes is 1. The van der Waals surface area contributed by atoms with Gasteiger partial charge in [0.1, 0.15) is 0 Å². The molecule has 0 amide bonds. The van der Waals surface area contributed by atoms with E-state index in [0.29, 0.717) is 6.04 Å². The Balaban J connectivity index is 2.75. The Hall–Kier alpha value is -1.26. The molecule has 0 fully saturated rings. The molecule has 0 radical (unpaired) electrons. The minimum absolute atomic E-state index is 0.172. The summed E-state index contributed by atoms with van der Waals surface area (Å²) in [6, 6.07) is 9.19. The number of rotatable bonds is 5. The van der Waals surface area contributed by atoms with Gasteiger partial charge in [-0.2, -0.15) is 0 Å². The summed E-state index contributed by atoms with van der Waals surface area (Å²) in [4.78, 5) is 0. The van der Waals surface area contributed by atoms with Crippen molar-refractivity contribution in [2.24, 2.45) is 0 Å². The average Bonchev–Trinajstić information content (AvgIpc) is 2.32. The van der Waals surface area contributed by atoms with Crippen LogP contribution in [0.2, 0.25) is 0 Å². The second-order valence-electron chi connectivity index (χ2n) is 4.17. The highest BCUT2D eigenvalue weighted by Crippen LogP contribution is 2.18. The van der Waals surface area contributed by atoms with Crippen molar-refractivity contribution in [3.05, 3.63) is 35.4 Å². The van der Waals surface area contributed by atoms with Crippen LogP contribution in [0.3, 0.4) is 0 Å². The van der Waals surface area contributed by atoms with Crippen LogP contribution in [0, 0.1) is 19.3 Å². The van der Waals surface area contributed by atoms with Crippen LogP contribution in [-0.4, -0.2) is 6.04 Å². The number of hydrogen-bond acceptors (Lipinski definition) is 1. The van der Waals surface area contributed by atoms with E-state index in [0.717, 1.165) is 12.8 Å². The lowest BCUT2D eigenvalue weighted by Crippen LogP contribution is -2.30. The van der Waals surface area contributed by atoms with E-state index in [1.165, 1.54) is 11.1 Å². The molecule has 1 rings (SSSR count). The molecule has 2 unspecified atom stereocenters. The summed E-state index contributed by atoms with van der Waals surface area (Å²) >= 11 is 0. The van der Waals surface area contributed by atoms with Crippen LogP contribution >= 0.6 is 0 Å². The van der Waals surface area contributed by atoms with Crippen LogP contribution in [0.4, 0.5) is 0 Å². The third-order valence-corrected chi connectivity index (χ3v) is 2.90. The SMILES string of the molecule is C#CC(CC)NC(CC)c1ccc(C)cc1. The van der Waals surface area contributed by atoms with Gasteiger partial charge in [-0.25, -0.2) is 0 Å². The fraction of sp³-hybridized carbons (Fsp3) is 0.467. The number of hydrogen-bond donors (Lipinski definition) is 1. The molecule has 0 aliphatic heterocycles. The zero-order valence-corrected chi connectivity index (χ0v) is 10.5. The van der Waals surface area contributed by atoms with Gasteiger partial charge in [0.25, 0.3) is 0 Å². The minimum Gasteiger partial charge on any atom is -0.297 e. The molecule has 1 N–H and O–H groups in total. The molecule has 0 heterocycles. The van der Waals surface area contributed by atoms with E-state index in [-0.39, 0.29) is 6.04 Å². The van der Waals surface area contributed by atoms with Crippen molar-refractivity contribution < 1.29 is 0 Å². The van der Waals surface area contributed by atoms with Crippen LogP contribution in [-0.2, 0) is 0 Å². The fourth-order valence-corrected chi connectivity index (χ4v) is 1.78. The van der Waals surface area contributed by atoms with E-state index >= 15 is 0 Å². The summed E-state index contributed by atoms with van der Waals surface area (Å²) in [5.41, 5.74) is 2.62. The molecule has 1 aromatic carbocycles. The minimum atomic E-state index is 0.172. The maximum atomic E-state index is 5.48. The standard InChI is InChI=1S/C15H21N/c1-5-14(6-2)16-15(7-3)13-10-8-12(4)9-11-13/h1,8-11,14-16H,6-7H2,2-4H3. The molecular formula is C15H21N. The second-order valence-corrected chi connectivity index (χ2v) is 4.17. The Morgan fingerprint density at radius 3 is 2.25 bits per heavy atom. The van der Waals surface area contributed by atoms with E-state index in [4.69, 9.17) is 6.42 Å². The lowest BCUT2D eigenvalue weighted by molar-refractivity contribution is 0.472. The monoisotopic (exact) mass is 215 g/mol. The van der Waals surface area contributed by atoms with Gasteiger partial charge in [0.2, 0.25) is 0 Å². The summed E-state index contributed by atoms with van der Waals surface area (Å²) < 4.78 is 0. The summed E-state index contributed by atoms with van der Waals surface area (Å²) in [7, 11) is 0. The van der Waals surface area contributed by atoms with Gasteiger partial charge in [-0.3, -0.25) is 5.32 Å². The zero-order valence-electron chi connectivity index (χ0n) is 10.5. The molecule has 0 aliphatic rings. The molecular weight excluding hydrogens is 194 g/mol. The first kappa shape index (κ1) is 12.8. The van der Waals surface area contributed by atoms with E-state index < -0.39 is 0 Å². The Morgan fingerprint density at radius 1 is 1.19 bits per heavy atom. The molecule has 0 aromatic heterocycles. The van der Waals surface area contributed by atoms with Crippen LogP contribution in [0.15, 0.2) is 24.3 Å². The van der Waals surface area contributed by atoms with E-state index in [1.54, 1.807) is 0 Å². The number of nitrogens with one attached hydrogen (secondary N) is 1. The Morgan fingerprint density at radius 2 is 1.81 bits per heavy atom. The van der Waals surface area contributed by atoms with Gasteiger partial charge in [0, 0.05) is 6.04 Å². The molecule has 86 valence electrons. The van der Waals surface area contributed by atoms with Gasteiger partial charge in [0.05, 0.1) is 6.04 Å². The van der Waals surface area contributed by atoms with Crippen molar-refractivity contribution in [3.63, 3.8) is 0 Å². The lowest BCUT2D eigenvalue weighted by atomic mass is 10.0. The third kappa shape index (κ3) is 3.40. The molecule has 16 heavy (non-hydrogen) atoms. The molecule has 0 aliphatic carbocycles. The van der Waals surface area contributed by atoms with Crippen LogP contribution in [0.25, 0.3) is 0 Å². The zero-order chi connectivity index (χ0) is 12.0. The summed E-state index contributed by atoms with van der Waals surface area (Å²) in [6.45, 7) is 6.40. The van der Waals surface area contributed by atoms with Gasteiger partial charge in [-0.1, -0.05) is 49.6 Å². The Bertz CT molecular complexity index is 345. The first-order valence-electron chi connectivity index (χ1n) is 6.00. The predicted octanol–water partition coefficient (Wildman–Crippen LogP) is 3.45. The molecule has 1 heteroatoms. The highest BCUT2D eigenvalue weighted by molar-refractivity contribution is 5.24. The maximum absolute atomic E-state index is 5.48. The van der Waals surface area contributed by atoms with Crippen molar-refractivity contribution in [3.8, 4) is 12.3 Å². The van der Waals surface area contributed by atoms with Crippen molar-refractivity contribution in [2.45, 2.75) is 45.7 Å². The fourth-order valence-electron chi connectivity index (χ4n) is 1.78. The van der Waals surface area contributed by atoms with Crippen molar-refractivity contribution in [1.82, 2.24) is 5.32 Å². The first-order valence-corrected chi connectivity index (χ1v) is 6.00. The molecule has 1 aromatic rings. The molecule has 1 nitrogen and oxygen atoms in total. The molecule has 0 spiro atoms. The highest BCUT2D eigenvalue weighted by atomic mass is 14.9. The van der Waals surface area contributed by atoms with Crippen molar-refractivity contribution in [2.75, 3.05) is 0 Å². The van der Waals surface area contributed by atoms with Crippen LogP contribution in [0.5, 0.6) is 0 Å². The summed E-state index contributed by atoms with van der Waals surface area (Å²) in [6.07, 6.45) is 7.50. The molecule has 0 saturated heterocycles. The van der Waals surface area contributed by atoms with Gasteiger partial charge in [0.15, 0.2) is 0 Å². The average molecular weight is 215 g/mol. The Labute approximate surface area is 99.3 Å². The smallest absolute Gasteiger partial charge is 0.0689 e. The van der Waals surface area contributed by atoms with Crippen molar-refractivity contribution in [1.29, 1.82) is 0 Å². The van der Waals surface area contributed by atoms with Crippen LogP contribution in [0.1, 0.15) is 43.9 Å². The number of aryl methyl sites for hydroxylation is 1. The molecule has 0 saturated carbocycles. The van der Waals surface area contributed by atoms with Crippen LogP contribution < -0.4 is 5.32 Å². The van der Waals surface area contributed by atoms with E-state index in [2.05, 4.69) is 56.3 Å². The highest BCUT2D eigenvalue weighted by Gasteiger charge is 2.12. The van der Waals surface area contributed by atoms with E-state index in [1.807, 2.05) is 0 Å².